The zero-order chi connectivity index (χ0) is 39.9. The molecule has 0 aliphatic carbocycles. The summed E-state index contributed by atoms with van der Waals surface area (Å²) in [6, 6.07) is 21.1. The average Bonchev–Trinajstić information content (AvgIpc) is 3.50. The van der Waals surface area contributed by atoms with E-state index in [1.165, 1.54) is 22.3 Å². The lowest BCUT2D eigenvalue weighted by molar-refractivity contribution is -0.125. The van der Waals surface area contributed by atoms with Crippen molar-refractivity contribution in [3.05, 3.63) is 76.9 Å². The van der Waals surface area contributed by atoms with Crippen LogP contribution < -0.4 is 29.2 Å². The van der Waals surface area contributed by atoms with Gasteiger partial charge in [-0.3, -0.25) is 14.6 Å². The first kappa shape index (κ1) is 44.7. The van der Waals surface area contributed by atoms with Crippen LogP contribution in [0, 0.1) is 0 Å². The Hall–Kier alpha value is -3.99. The van der Waals surface area contributed by atoms with Crippen LogP contribution in [0.15, 0.2) is 54.6 Å². The summed E-state index contributed by atoms with van der Waals surface area (Å²) >= 11 is 0. The van der Waals surface area contributed by atoms with Crippen molar-refractivity contribution in [1.29, 1.82) is 0 Å². The maximum atomic E-state index is 12.4. The van der Waals surface area contributed by atoms with Crippen LogP contribution in [0.4, 0.5) is 5.69 Å². The lowest BCUT2D eigenvalue weighted by atomic mass is 9.85. The van der Waals surface area contributed by atoms with Crippen LogP contribution in [-0.2, 0) is 30.7 Å². The van der Waals surface area contributed by atoms with Gasteiger partial charge >= 0.3 is 0 Å². The zero-order valence-electron chi connectivity index (χ0n) is 35.4. The Balaban J connectivity index is 0.000000186. The molecule has 1 atom stereocenters. The third-order valence-electron chi connectivity index (χ3n) is 12.0. The van der Waals surface area contributed by atoms with Gasteiger partial charge in [0.15, 0.2) is 23.0 Å². The normalized spacial score (nSPS) is 19.2. The molecular formula is C46H71N5O5. The summed E-state index contributed by atoms with van der Waals surface area (Å²) < 4.78 is 21.4. The Labute approximate surface area is 338 Å². The van der Waals surface area contributed by atoms with Gasteiger partial charge in [0.2, 0.25) is 5.91 Å². The van der Waals surface area contributed by atoms with E-state index in [4.69, 9.17) is 18.9 Å². The Kier molecular flexibility index (Phi) is 15.9. The fourth-order valence-electron chi connectivity index (χ4n) is 8.57. The largest absolute Gasteiger partial charge is 0.493 e. The van der Waals surface area contributed by atoms with Crippen molar-refractivity contribution >= 4 is 11.6 Å². The maximum Gasteiger partial charge on any atom is 0.247 e. The number of para-hydroxylation sites is 1. The van der Waals surface area contributed by atoms with E-state index in [-0.39, 0.29) is 18.9 Å². The Morgan fingerprint density at radius 1 is 0.661 bits per heavy atom. The van der Waals surface area contributed by atoms with Crippen molar-refractivity contribution < 1.29 is 23.7 Å². The number of hydrogen-bond acceptors (Lipinski definition) is 9. The molecule has 0 aromatic heterocycles. The van der Waals surface area contributed by atoms with Crippen molar-refractivity contribution in [2.45, 2.75) is 124 Å². The standard InChI is InChI=1S/C16H23N3O.C15H23NO2.C14H21NO2.CH4/c1-13(2)18-10-8-16(9-11-18)15(20)17-12-19(16)14-6-4-3-5-7-14;1-10(2)16-9-13-8-15(18-5)14(17-4)7-12(13)6-11(16)3;1-10(2)15-6-5-11-7-13(16-3)14(17-4)8-12(11)9-15;/h3-7,13H,8-12H2,1-2H3,(H,17,20);7-8,10-11H,6,9H2,1-5H3;7-8,10H,5-6,9H2,1-4H3;1H4. The second-order valence-corrected chi connectivity index (χ2v) is 16.2. The number of anilines is 1. The van der Waals surface area contributed by atoms with Gasteiger partial charge in [-0.1, -0.05) is 25.6 Å². The lowest BCUT2D eigenvalue weighted by Crippen LogP contribution is -2.57. The molecule has 3 aromatic rings. The van der Waals surface area contributed by atoms with Crippen LogP contribution >= 0.6 is 0 Å². The van der Waals surface area contributed by atoms with Gasteiger partial charge in [0.1, 0.15) is 5.54 Å². The molecule has 1 spiro atoms. The van der Waals surface area contributed by atoms with Gasteiger partial charge in [0, 0.05) is 62.6 Å². The number of ether oxygens (including phenoxy) is 4. The van der Waals surface area contributed by atoms with E-state index in [2.05, 4.69) is 110 Å². The minimum Gasteiger partial charge on any atom is -0.493 e. The van der Waals surface area contributed by atoms with Crippen LogP contribution in [0.1, 0.15) is 91.0 Å². The monoisotopic (exact) mass is 774 g/mol. The quantitative estimate of drug-likeness (QED) is 0.247. The third kappa shape index (κ3) is 9.93. The molecular weight excluding hydrogens is 703 g/mol. The Bertz CT molecular complexity index is 1710. The summed E-state index contributed by atoms with van der Waals surface area (Å²) in [6.07, 6.45) is 3.99. The van der Waals surface area contributed by atoms with Crippen LogP contribution in [-0.4, -0.2) is 105 Å². The SMILES string of the molecule is C.CC(C)N1CCC2(CC1)C(=O)NCN2c1ccccc1.COc1cc2c(cc1OC)CN(C(C)C)C(C)C2.COc1cc2c(cc1OC)CN(C(C)C)CC2. The molecule has 0 bridgehead atoms. The molecule has 4 heterocycles. The van der Waals surface area contributed by atoms with Gasteiger partial charge in [0.05, 0.1) is 35.1 Å². The number of piperidine rings is 1. The molecule has 4 aliphatic rings. The highest BCUT2D eigenvalue weighted by molar-refractivity contribution is 5.93. The predicted molar refractivity (Wildman–Crippen MR) is 230 cm³/mol. The van der Waals surface area contributed by atoms with Crippen molar-refractivity contribution in [2.75, 3.05) is 59.6 Å². The highest BCUT2D eigenvalue weighted by atomic mass is 16.5. The van der Waals surface area contributed by atoms with E-state index in [1.807, 2.05) is 18.2 Å². The fourth-order valence-corrected chi connectivity index (χ4v) is 8.57. The number of carbonyl (C=O) groups is 1. The second-order valence-electron chi connectivity index (χ2n) is 16.2. The van der Waals surface area contributed by atoms with Crippen molar-refractivity contribution in [3.8, 4) is 23.0 Å². The summed E-state index contributed by atoms with van der Waals surface area (Å²) in [7, 11) is 6.76. The molecule has 7 rings (SSSR count). The fraction of sp³-hybridized carbons (Fsp3) is 0.587. The minimum atomic E-state index is -0.341. The van der Waals surface area contributed by atoms with E-state index in [0.29, 0.717) is 30.8 Å². The number of methoxy groups -OCH3 is 4. The molecule has 10 nitrogen and oxygen atoms in total. The molecule has 0 saturated carbocycles. The molecule has 0 radical (unpaired) electrons. The van der Waals surface area contributed by atoms with E-state index >= 15 is 0 Å². The van der Waals surface area contributed by atoms with Crippen LogP contribution in [0.2, 0.25) is 0 Å². The van der Waals surface area contributed by atoms with Gasteiger partial charge in [0.25, 0.3) is 0 Å². The van der Waals surface area contributed by atoms with Gasteiger partial charge in [-0.2, -0.15) is 0 Å². The van der Waals surface area contributed by atoms with Gasteiger partial charge in [-0.15, -0.1) is 0 Å². The summed E-state index contributed by atoms with van der Waals surface area (Å²) in [5, 5.41) is 3.04. The molecule has 10 heteroatoms. The number of likely N-dealkylation sites (tertiary alicyclic amines) is 1. The van der Waals surface area contributed by atoms with Crippen LogP contribution in [0.3, 0.4) is 0 Å². The predicted octanol–water partition coefficient (Wildman–Crippen LogP) is 7.79. The average molecular weight is 774 g/mol. The number of carbonyl (C=O) groups excluding carboxylic acids is 1. The third-order valence-corrected chi connectivity index (χ3v) is 12.0. The Morgan fingerprint density at radius 2 is 1.16 bits per heavy atom. The lowest BCUT2D eigenvalue weighted by Gasteiger charge is -2.44. The second kappa shape index (κ2) is 19.9. The molecule has 1 unspecified atom stereocenters. The molecule has 1 N–H and O–H groups in total. The highest BCUT2D eigenvalue weighted by Gasteiger charge is 2.50. The summed E-state index contributed by atoms with van der Waals surface area (Å²) in [4.78, 5) is 22.2. The number of hydrogen-bond donors (Lipinski definition) is 1. The molecule has 3 aromatic carbocycles. The van der Waals surface area contributed by atoms with Crippen molar-refractivity contribution in [2.24, 2.45) is 0 Å². The first-order valence-corrected chi connectivity index (χ1v) is 20.2. The summed E-state index contributed by atoms with van der Waals surface area (Å²) in [5.74, 6) is 3.53. The van der Waals surface area contributed by atoms with Crippen molar-refractivity contribution in [3.63, 3.8) is 0 Å². The minimum absolute atomic E-state index is 0. The van der Waals surface area contributed by atoms with E-state index < -0.39 is 0 Å². The summed E-state index contributed by atoms with van der Waals surface area (Å²) in [6.45, 7) is 21.5. The van der Waals surface area contributed by atoms with Crippen LogP contribution in [0.25, 0.3) is 0 Å². The van der Waals surface area contributed by atoms with Crippen LogP contribution in [0.5, 0.6) is 23.0 Å². The van der Waals surface area contributed by atoms with E-state index in [1.54, 1.807) is 28.4 Å². The number of nitrogens with one attached hydrogen (secondary N) is 1. The first-order valence-electron chi connectivity index (χ1n) is 20.2. The molecule has 310 valence electrons. The number of benzene rings is 3. The summed E-state index contributed by atoms with van der Waals surface area (Å²) in [5.41, 5.74) is 6.30. The smallest absolute Gasteiger partial charge is 0.247 e. The van der Waals surface area contributed by atoms with Crippen molar-refractivity contribution in [1.82, 2.24) is 20.0 Å². The topological polar surface area (TPSA) is 79.0 Å². The zero-order valence-corrected chi connectivity index (χ0v) is 35.4. The van der Waals surface area contributed by atoms with Gasteiger partial charge in [-0.05, 0) is 133 Å². The molecule has 2 fully saturated rings. The number of rotatable bonds is 8. The molecule has 2 saturated heterocycles. The number of amides is 1. The molecule has 4 aliphatic heterocycles. The number of nitrogens with zero attached hydrogens (tertiary/aromatic N) is 4. The van der Waals surface area contributed by atoms with E-state index in [9.17, 15) is 4.79 Å². The molecule has 1 amide bonds. The van der Waals surface area contributed by atoms with Gasteiger partial charge < -0.3 is 34.1 Å². The van der Waals surface area contributed by atoms with E-state index in [0.717, 1.165) is 87.1 Å². The van der Waals surface area contributed by atoms with Gasteiger partial charge in [-0.25, -0.2) is 0 Å². The molecule has 56 heavy (non-hydrogen) atoms. The first-order chi connectivity index (χ1) is 26.3. The Morgan fingerprint density at radius 3 is 1.66 bits per heavy atom. The number of fused-ring (bicyclic) bond motifs is 2. The maximum absolute atomic E-state index is 12.4. The highest BCUT2D eigenvalue weighted by Crippen LogP contribution is 2.38.